The molecule has 0 aliphatic rings. The van der Waals surface area contributed by atoms with E-state index in [-0.39, 0.29) is 0 Å². The molecule has 0 aliphatic heterocycles. The molecule has 0 heterocycles. The first kappa shape index (κ1) is 16.1. The van der Waals surface area contributed by atoms with E-state index in [0.29, 0.717) is 6.04 Å². The van der Waals surface area contributed by atoms with E-state index in [4.69, 9.17) is 11.6 Å². The first-order chi connectivity index (χ1) is 9.13. The van der Waals surface area contributed by atoms with Gasteiger partial charge < -0.3 is 10.2 Å². The number of hydrogen-bond donors (Lipinski definition) is 1. The molecule has 0 bridgehead atoms. The van der Waals surface area contributed by atoms with Crippen molar-refractivity contribution in [1.29, 1.82) is 0 Å². The Hall–Kier alpha value is -0.990. The van der Waals surface area contributed by atoms with Gasteiger partial charge in [0.05, 0.1) is 10.7 Å². The maximum atomic E-state index is 6.41. The van der Waals surface area contributed by atoms with Gasteiger partial charge in [-0.15, -0.1) is 6.58 Å². The Morgan fingerprint density at radius 2 is 2.16 bits per heavy atom. The lowest BCUT2D eigenvalue weighted by molar-refractivity contribution is 0.571. The standard InChI is InChI=1S/C16H25ClN2/c1-5-10-18-13(4)14-8-9-16(15(17)12-14)19(7-3)11-6-2/h6,8-9,12-13,18H,2,5,7,10-11H2,1,3-4H3. The van der Waals surface area contributed by atoms with Crippen molar-refractivity contribution in [3.8, 4) is 0 Å². The summed E-state index contributed by atoms with van der Waals surface area (Å²) in [5.41, 5.74) is 2.31. The molecular weight excluding hydrogens is 256 g/mol. The van der Waals surface area contributed by atoms with Crippen LogP contribution in [-0.4, -0.2) is 19.6 Å². The summed E-state index contributed by atoms with van der Waals surface area (Å²) in [7, 11) is 0. The highest BCUT2D eigenvalue weighted by molar-refractivity contribution is 6.33. The molecule has 1 aromatic rings. The molecule has 1 atom stereocenters. The fourth-order valence-electron chi connectivity index (χ4n) is 2.08. The molecule has 2 nitrogen and oxygen atoms in total. The van der Waals surface area contributed by atoms with Crippen molar-refractivity contribution in [3.05, 3.63) is 41.4 Å². The van der Waals surface area contributed by atoms with E-state index in [2.05, 4.69) is 55.8 Å². The van der Waals surface area contributed by atoms with Crippen molar-refractivity contribution in [2.24, 2.45) is 0 Å². The van der Waals surface area contributed by atoms with Crippen LogP contribution in [0.25, 0.3) is 0 Å². The SMILES string of the molecule is C=CCN(CC)c1ccc(C(C)NCCC)cc1Cl. The molecule has 0 aromatic heterocycles. The third-order valence-corrected chi connectivity index (χ3v) is 3.55. The Balaban J connectivity index is 2.86. The zero-order valence-electron chi connectivity index (χ0n) is 12.2. The molecule has 1 rings (SSSR count). The fourth-order valence-corrected chi connectivity index (χ4v) is 2.39. The highest BCUT2D eigenvalue weighted by Gasteiger charge is 2.11. The first-order valence-electron chi connectivity index (χ1n) is 7.02. The molecule has 3 heteroatoms. The van der Waals surface area contributed by atoms with Gasteiger partial charge >= 0.3 is 0 Å². The monoisotopic (exact) mass is 280 g/mol. The number of benzene rings is 1. The van der Waals surface area contributed by atoms with Gasteiger partial charge in [0.25, 0.3) is 0 Å². The van der Waals surface area contributed by atoms with Gasteiger partial charge in [-0.05, 0) is 44.5 Å². The molecule has 1 N–H and O–H groups in total. The summed E-state index contributed by atoms with van der Waals surface area (Å²) in [5, 5.41) is 4.29. The summed E-state index contributed by atoms with van der Waals surface area (Å²) >= 11 is 6.41. The smallest absolute Gasteiger partial charge is 0.0643 e. The third kappa shape index (κ3) is 4.55. The number of likely N-dealkylation sites (N-methyl/N-ethyl adjacent to an activating group) is 1. The first-order valence-corrected chi connectivity index (χ1v) is 7.40. The van der Waals surface area contributed by atoms with E-state index in [1.807, 2.05) is 6.08 Å². The van der Waals surface area contributed by atoms with Crippen molar-refractivity contribution in [2.45, 2.75) is 33.2 Å². The summed E-state index contributed by atoms with van der Waals surface area (Å²) in [5.74, 6) is 0. The van der Waals surface area contributed by atoms with Crippen LogP contribution in [-0.2, 0) is 0 Å². The van der Waals surface area contributed by atoms with Gasteiger partial charge in [-0.25, -0.2) is 0 Å². The van der Waals surface area contributed by atoms with Crippen LogP contribution in [0.3, 0.4) is 0 Å². The molecule has 0 amide bonds. The lowest BCUT2D eigenvalue weighted by Crippen LogP contribution is -2.23. The number of rotatable bonds is 8. The van der Waals surface area contributed by atoms with E-state index in [9.17, 15) is 0 Å². The molecule has 106 valence electrons. The maximum absolute atomic E-state index is 6.41. The molecule has 0 saturated carbocycles. The minimum Gasteiger partial charge on any atom is -0.367 e. The van der Waals surface area contributed by atoms with Gasteiger partial charge in [0.1, 0.15) is 0 Å². The van der Waals surface area contributed by atoms with Crippen LogP contribution in [0.1, 0.15) is 38.8 Å². The number of hydrogen-bond acceptors (Lipinski definition) is 2. The summed E-state index contributed by atoms with van der Waals surface area (Å²) in [6.45, 7) is 13.0. The molecule has 0 radical (unpaired) electrons. The van der Waals surface area contributed by atoms with Crippen molar-refractivity contribution < 1.29 is 0 Å². The second-order valence-electron chi connectivity index (χ2n) is 4.71. The van der Waals surface area contributed by atoms with E-state index in [1.165, 1.54) is 5.56 Å². The van der Waals surface area contributed by atoms with Crippen LogP contribution < -0.4 is 10.2 Å². The number of halogens is 1. The summed E-state index contributed by atoms with van der Waals surface area (Å²) in [6.07, 6.45) is 3.04. The second kappa shape index (κ2) is 8.23. The predicted octanol–water partition coefficient (Wildman–Crippen LogP) is 4.41. The molecule has 0 fully saturated rings. The summed E-state index contributed by atoms with van der Waals surface area (Å²) in [6, 6.07) is 6.66. The van der Waals surface area contributed by atoms with E-state index in [0.717, 1.165) is 36.8 Å². The van der Waals surface area contributed by atoms with Crippen LogP contribution in [0.5, 0.6) is 0 Å². The predicted molar refractivity (Wildman–Crippen MR) is 86.2 cm³/mol. The number of nitrogens with zero attached hydrogens (tertiary/aromatic N) is 1. The average Bonchev–Trinajstić information content (AvgIpc) is 2.42. The van der Waals surface area contributed by atoms with Gasteiger partial charge in [-0.2, -0.15) is 0 Å². The number of nitrogens with one attached hydrogen (secondary N) is 1. The lowest BCUT2D eigenvalue weighted by atomic mass is 10.1. The molecule has 19 heavy (non-hydrogen) atoms. The largest absolute Gasteiger partial charge is 0.367 e. The van der Waals surface area contributed by atoms with Crippen LogP contribution in [0.2, 0.25) is 5.02 Å². The molecule has 1 unspecified atom stereocenters. The highest BCUT2D eigenvalue weighted by Crippen LogP contribution is 2.29. The Kier molecular flexibility index (Phi) is 6.96. The van der Waals surface area contributed by atoms with E-state index < -0.39 is 0 Å². The van der Waals surface area contributed by atoms with Crippen LogP contribution in [0, 0.1) is 0 Å². The van der Waals surface area contributed by atoms with Gasteiger partial charge in [-0.1, -0.05) is 30.7 Å². The lowest BCUT2D eigenvalue weighted by Gasteiger charge is -2.24. The van der Waals surface area contributed by atoms with Crippen molar-refractivity contribution in [1.82, 2.24) is 5.32 Å². The molecule has 1 aromatic carbocycles. The zero-order chi connectivity index (χ0) is 14.3. The Morgan fingerprint density at radius 1 is 1.42 bits per heavy atom. The van der Waals surface area contributed by atoms with Gasteiger partial charge in [0.15, 0.2) is 0 Å². The van der Waals surface area contributed by atoms with Gasteiger partial charge in [0, 0.05) is 19.1 Å². The fraction of sp³-hybridized carbons (Fsp3) is 0.500. The van der Waals surface area contributed by atoms with E-state index >= 15 is 0 Å². The molecule has 0 spiro atoms. The van der Waals surface area contributed by atoms with Crippen molar-refractivity contribution >= 4 is 17.3 Å². The summed E-state index contributed by atoms with van der Waals surface area (Å²) in [4.78, 5) is 2.21. The van der Waals surface area contributed by atoms with Crippen LogP contribution in [0.4, 0.5) is 5.69 Å². The van der Waals surface area contributed by atoms with Crippen LogP contribution >= 0.6 is 11.6 Å². The minimum atomic E-state index is 0.334. The topological polar surface area (TPSA) is 15.3 Å². The molecule has 0 aliphatic carbocycles. The highest BCUT2D eigenvalue weighted by atomic mass is 35.5. The molecule has 0 saturated heterocycles. The minimum absolute atomic E-state index is 0.334. The van der Waals surface area contributed by atoms with Crippen LogP contribution in [0.15, 0.2) is 30.9 Å². The Bertz CT molecular complexity index is 404. The van der Waals surface area contributed by atoms with E-state index in [1.54, 1.807) is 0 Å². The zero-order valence-corrected chi connectivity index (χ0v) is 13.0. The van der Waals surface area contributed by atoms with Crippen molar-refractivity contribution in [2.75, 3.05) is 24.5 Å². The number of anilines is 1. The Labute approximate surface area is 122 Å². The quantitative estimate of drug-likeness (QED) is 0.710. The maximum Gasteiger partial charge on any atom is 0.0643 e. The molecular formula is C16H25ClN2. The van der Waals surface area contributed by atoms with Gasteiger partial charge in [0.2, 0.25) is 0 Å². The normalized spacial score (nSPS) is 12.2. The third-order valence-electron chi connectivity index (χ3n) is 3.24. The van der Waals surface area contributed by atoms with Crippen molar-refractivity contribution in [3.63, 3.8) is 0 Å². The Morgan fingerprint density at radius 3 is 2.68 bits per heavy atom. The van der Waals surface area contributed by atoms with Gasteiger partial charge in [-0.3, -0.25) is 0 Å². The second-order valence-corrected chi connectivity index (χ2v) is 5.12. The average molecular weight is 281 g/mol. The summed E-state index contributed by atoms with van der Waals surface area (Å²) < 4.78 is 0.